The Morgan fingerprint density at radius 1 is 0.833 bits per heavy atom. The molecule has 5 rings (SSSR count). The molecule has 1 aliphatic heterocycles. The van der Waals surface area contributed by atoms with Gasteiger partial charge in [0.25, 0.3) is 17.5 Å². The van der Waals surface area contributed by atoms with Crippen molar-refractivity contribution < 1.29 is 28.8 Å². The van der Waals surface area contributed by atoms with Crippen LogP contribution in [0.1, 0.15) is 16.7 Å². The van der Waals surface area contributed by atoms with Crippen LogP contribution in [0.4, 0.5) is 16.2 Å². The molecule has 11 heteroatoms. The highest BCUT2D eigenvalue weighted by Crippen LogP contribution is 2.26. The topological polar surface area (TPSA) is 128 Å². The molecule has 1 N–H and O–H groups in total. The number of nitro benzene ring substituents is 1. The molecule has 4 aromatic rings. The van der Waals surface area contributed by atoms with Crippen molar-refractivity contribution in [3.63, 3.8) is 0 Å². The standard InChI is InChI=1S/C31H22ClN3O7/c32-28-7-2-1-5-22(28)19-42-26-14-10-23(11-15-26)34-30(37)27(29(36)33-31(34)38)17-20-8-12-25(13-9-20)41-18-21-4-3-6-24(16-21)35(39)40/h1-17H,18-19H2,(H,33,36,38)/b27-17+. The van der Waals surface area contributed by atoms with Gasteiger partial charge in [-0.2, -0.15) is 0 Å². The lowest BCUT2D eigenvalue weighted by molar-refractivity contribution is -0.384. The number of anilines is 1. The fourth-order valence-electron chi connectivity index (χ4n) is 4.11. The van der Waals surface area contributed by atoms with Crippen molar-refractivity contribution in [2.45, 2.75) is 13.2 Å². The Morgan fingerprint density at radius 2 is 1.50 bits per heavy atom. The first-order chi connectivity index (χ1) is 20.3. The third kappa shape index (κ3) is 6.45. The molecule has 210 valence electrons. The Labute approximate surface area is 244 Å². The molecular formula is C31H22ClN3O7. The van der Waals surface area contributed by atoms with Crippen molar-refractivity contribution in [3.8, 4) is 11.5 Å². The fourth-order valence-corrected chi connectivity index (χ4v) is 4.30. The quantitative estimate of drug-likeness (QED) is 0.110. The van der Waals surface area contributed by atoms with Crippen LogP contribution in [-0.4, -0.2) is 22.8 Å². The Morgan fingerprint density at radius 3 is 2.19 bits per heavy atom. The van der Waals surface area contributed by atoms with Gasteiger partial charge in [0.15, 0.2) is 0 Å². The summed E-state index contributed by atoms with van der Waals surface area (Å²) in [5, 5.41) is 13.7. The van der Waals surface area contributed by atoms with Crippen LogP contribution in [-0.2, 0) is 22.8 Å². The van der Waals surface area contributed by atoms with E-state index < -0.39 is 22.8 Å². The van der Waals surface area contributed by atoms with Gasteiger partial charge in [-0.3, -0.25) is 25.0 Å². The van der Waals surface area contributed by atoms with Gasteiger partial charge < -0.3 is 9.47 Å². The van der Waals surface area contributed by atoms with E-state index in [0.29, 0.717) is 27.6 Å². The Bertz CT molecular complexity index is 1700. The highest BCUT2D eigenvalue weighted by atomic mass is 35.5. The number of imide groups is 2. The lowest BCUT2D eigenvalue weighted by atomic mass is 10.1. The molecule has 0 spiro atoms. The summed E-state index contributed by atoms with van der Waals surface area (Å²) >= 11 is 6.16. The highest BCUT2D eigenvalue weighted by Gasteiger charge is 2.36. The van der Waals surface area contributed by atoms with Crippen LogP contribution in [0.25, 0.3) is 6.08 Å². The fraction of sp³-hybridized carbons (Fsp3) is 0.0645. The number of barbiturate groups is 1. The summed E-state index contributed by atoms with van der Waals surface area (Å²) in [6.45, 7) is 0.353. The number of nitrogens with one attached hydrogen (secondary N) is 1. The Hall–Kier alpha value is -5.48. The summed E-state index contributed by atoms with van der Waals surface area (Å²) in [6, 6.07) is 25.4. The van der Waals surface area contributed by atoms with Gasteiger partial charge in [-0.1, -0.05) is 54.1 Å². The van der Waals surface area contributed by atoms with Crippen molar-refractivity contribution in [2.24, 2.45) is 0 Å². The third-order valence-corrected chi connectivity index (χ3v) is 6.64. The van der Waals surface area contributed by atoms with Gasteiger partial charge in [-0.05, 0) is 59.7 Å². The number of urea groups is 1. The first-order valence-electron chi connectivity index (χ1n) is 12.6. The zero-order valence-electron chi connectivity index (χ0n) is 21.9. The van der Waals surface area contributed by atoms with Crippen LogP contribution in [0, 0.1) is 10.1 Å². The molecule has 0 bridgehead atoms. The first kappa shape index (κ1) is 28.1. The number of carbonyl (C=O) groups is 3. The first-order valence-corrected chi connectivity index (χ1v) is 13.0. The number of carbonyl (C=O) groups excluding carboxylic acids is 3. The second-order valence-electron chi connectivity index (χ2n) is 9.12. The molecule has 10 nitrogen and oxygen atoms in total. The zero-order chi connectivity index (χ0) is 29.6. The molecule has 1 fully saturated rings. The minimum atomic E-state index is -0.864. The number of amides is 4. The number of nitro groups is 1. The van der Waals surface area contributed by atoms with Crippen LogP contribution in [0.5, 0.6) is 11.5 Å². The molecule has 4 amide bonds. The van der Waals surface area contributed by atoms with Crippen molar-refractivity contribution >= 4 is 46.9 Å². The average molecular weight is 584 g/mol. The average Bonchev–Trinajstić information content (AvgIpc) is 2.99. The summed E-state index contributed by atoms with van der Waals surface area (Å²) in [5.41, 5.74) is 1.96. The monoisotopic (exact) mass is 583 g/mol. The lowest BCUT2D eigenvalue weighted by Gasteiger charge is -2.26. The van der Waals surface area contributed by atoms with Gasteiger partial charge in [-0.25, -0.2) is 9.69 Å². The number of ether oxygens (including phenoxy) is 2. The summed E-state index contributed by atoms with van der Waals surface area (Å²) in [6.07, 6.45) is 1.38. The molecule has 4 aromatic carbocycles. The van der Waals surface area contributed by atoms with E-state index in [2.05, 4.69) is 5.32 Å². The summed E-state index contributed by atoms with van der Waals surface area (Å²) in [7, 11) is 0. The maximum absolute atomic E-state index is 13.2. The second kappa shape index (κ2) is 12.4. The summed E-state index contributed by atoms with van der Waals surface area (Å²) in [4.78, 5) is 49.7. The Balaban J connectivity index is 1.26. The van der Waals surface area contributed by atoms with Gasteiger partial charge in [0, 0.05) is 22.7 Å². The van der Waals surface area contributed by atoms with E-state index in [1.165, 1.54) is 18.2 Å². The van der Waals surface area contributed by atoms with Crippen LogP contribution < -0.4 is 19.7 Å². The number of halogens is 1. The lowest BCUT2D eigenvalue weighted by Crippen LogP contribution is -2.54. The predicted molar refractivity (Wildman–Crippen MR) is 155 cm³/mol. The number of hydrogen-bond acceptors (Lipinski definition) is 7. The van der Waals surface area contributed by atoms with Crippen LogP contribution in [0.15, 0.2) is 103 Å². The van der Waals surface area contributed by atoms with Crippen LogP contribution in [0.2, 0.25) is 5.02 Å². The summed E-state index contributed by atoms with van der Waals surface area (Å²) in [5.74, 6) is -0.605. The SMILES string of the molecule is O=C1NC(=O)N(c2ccc(OCc3ccccc3Cl)cc2)C(=O)/C1=C/c1ccc(OCc2cccc([N+](=O)[O-])c2)cc1. The molecular weight excluding hydrogens is 562 g/mol. The molecule has 0 radical (unpaired) electrons. The molecule has 1 aliphatic rings. The van der Waals surface area contributed by atoms with Gasteiger partial charge in [0.1, 0.15) is 30.3 Å². The van der Waals surface area contributed by atoms with Crippen molar-refractivity contribution in [1.29, 1.82) is 0 Å². The van der Waals surface area contributed by atoms with Gasteiger partial charge in [-0.15, -0.1) is 0 Å². The number of non-ortho nitro benzene ring substituents is 1. The van der Waals surface area contributed by atoms with Crippen molar-refractivity contribution in [1.82, 2.24) is 5.32 Å². The van der Waals surface area contributed by atoms with Gasteiger partial charge in [0.05, 0.1) is 10.6 Å². The molecule has 0 aromatic heterocycles. The summed E-state index contributed by atoms with van der Waals surface area (Å²) < 4.78 is 11.5. The largest absolute Gasteiger partial charge is 0.489 e. The smallest absolute Gasteiger partial charge is 0.335 e. The third-order valence-electron chi connectivity index (χ3n) is 6.27. The van der Waals surface area contributed by atoms with E-state index in [0.717, 1.165) is 10.5 Å². The van der Waals surface area contributed by atoms with Crippen molar-refractivity contribution in [3.05, 3.63) is 134 Å². The van der Waals surface area contributed by atoms with Crippen LogP contribution >= 0.6 is 11.6 Å². The minimum Gasteiger partial charge on any atom is -0.489 e. The van der Waals surface area contributed by atoms with Crippen molar-refractivity contribution in [2.75, 3.05) is 4.90 Å². The highest BCUT2D eigenvalue weighted by molar-refractivity contribution is 6.39. The Kier molecular flexibility index (Phi) is 8.26. The molecule has 0 unspecified atom stereocenters. The molecule has 0 atom stereocenters. The molecule has 1 saturated heterocycles. The van der Waals surface area contributed by atoms with Gasteiger partial charge >= 0.3 is 6.03 Å². The molecule has 0 saturated carbocycles. The normalized spacial score (nSPS) is 14.1. The molecule has 1 heterocycles. The number of nitrogens with zero attached hydrogens (tertiary/aromatic N) is 2. The van der Waals surface area contributed by atoms with Gasteiger partial charge in [0.2, 0.25) is 0 Å². The minimum absolute atomic E-state index is 0.0290. The predicted octanol–water partition coefficient (Wildman–Crippen LogP) is 6.07. The maximum Gasteiger partial charge on any atom is 0.335 e. The van der Waals surface area contributed by atoms with E-state index >= 15 is 0 Å². The van der Waals surface area contributed by atoms with Crippen LogP contribution in [0.3, 0.4) is 0 Å². The van der Waals surface area contributed by atoms with E-state index in [9.17, 15) is 24.5 Å². The van der Waals surface area contributed by atoms with E-state index in [1.807, 2.05) is 18.2 Å². The number of rotatable bonds is 9. The van der Waals surface area contributed by atoms with E-state index in [4.69, 9.17) is 21.1 Å². The maximum atomic E-state index is 13.2. The van der Waals surface area contributed by atoms with E-state index in [1.54, 1.807) is 66.7 Å². The molecule has 42 heavy (non-hydrogen) atoms. The number of hydrogen-bond donors (Lipinski definition) is 1. The molecule has 0 aliphatic carbocycles. The zero-order valence-corrected chi connectivity index (χ0v) is 22.6. The van der Waals surface area contributed by atoms with E-state index in [-0.39, 0.29) is 30.2 Å². The number of benzene rings is 4. The second-order valence-corrected chi connectivity index (χ2v) is 9.52.